The van der Waals surface area contributed by atoms with Gasteiger partial charge in [0.25, 0.3) is 0 Å². The maximum atomic E-state index is 13.3. The molecular weight excluding hydrogens is 398 g/mol. The highest BCUT2D eigenvalue weighted by atomic mass is 16.7. The highest BCUT2D eigenvalue weighted by Gasteiger charge is 2.55. The van der Waals surface area contributed by atoms with Crippen LogP contribution in [0.4, 0.5) is 0 Å². The van der Waals surface area contributed by atoms with Gasteiger partial charge in [-0.2, -0.15) is 0 Å². The smallest absolute Gasteiger partial charge is 0.227 e. The number of para-hydroxylation sites is 1. The number of hydrogen-bond acceptors (Lipinski definition) is 6. The Kier molecular flexibility index (Phi) is 7.20. The molecule has 2 unspecified atom stereocenters. The quantitative estimate of drug-likeness (QED) is 0.565. The molecule has 1 amide bonds. The molecule has 0 spiro atoms. The molecule has 7 heteroatoms. The second-order valence-corrected chi connectivity index (χ2v) is 7.78. The molecule has 2 aromatic rings. The topological polar surface area (TPSA) is 86.2 Å². The standard InChI is InChI=1S/C24H31NO6/c1-28-18-11-9-17(10-12-18)15-23(13-14-26)16-21(25-22(23)27)24(30-3,31-4)19-7-5-6-8-20(19)29-2/h5-12,21,26H,13-16H2,1-4H3,(H,25,27). The Morgan fingerprint density at radius 3 is 2.29 bits per heavy atom. The van der Waals surface area contributed by atoms with Gasteiger partial charge in [-0.05, 0) is 49.1 Å². The minimum Gasteiger partial charge on any atom is -0.497 e. The van der Waals surface area contributed by atoms with E-state index in [0.29, 0.717) is 30.6 Å². The van der Waals surface area contributed by atoms with Crippen molar-refractivity contribution in [2.45, 2.75) is 31.1 Å². The number of methoxy groups -OCH3 is 4. The van der Waals surface area contributed by atoms with Gasteiger partial charge in [0.15, 0.2) is 0 Å². The Hall–Kier alpha value is -2.61. The first-order valence-corrected chi connectivity index (χ1v) is 10.3. The highest BCUT2D eigenvalue weighted by molar-refractivity contribution is 5.86. The van der Waals surface area contributed by atoms with Gasteiger partial charge >= 0.3 is 0 Å². The molecule has 0 radical (unpaired) electrons. The van der Waals surface area contributed by atoms with Gasteiger partial charge in [-0.3, -0.25) is 4.79 Å². The van der Waals surface area contributed by atoms with E-state index in [4.69, 9.17) is 18.9 Å². The molecule has 0 saturated carbocycles. The largest absolute Gasteiger partial charge is 0.497 e. The molecule has 168 valence electrons. The van der Waals surface area contributed by atoms with E-state index in [0.717, 1.165) is 11.3 Å². The van der Waals surface area contributed by atoms with Gasteiger partial charge in [0.1, 0.15) is 11.5 Å². The average molecular weight is 430 g/mol. The van der Waals surface area contributed by atoms with Crippen LogP contribution in [0.3, 0.4) is 0 Å². The number of carbonyl (C=O) groups excluding carboxylic acids is 1. The van der Waals surface area contributed by atoms with Crippen molar-refractivity contribution in [2.75, 3.05) is 35.0 Å². The number of nitrogens with one attached hydrogen (secondary N) is 1. The molecule has 3 rings (SSSR count). The second kappa shape index (κ2) is 9.68. The van der Waals surface area contributed by atoms with Crippen LogP contribution in [0.15, 0.2) is 48.5 Å². The lowest BCUT2D eigenvalue weighted by Crippen LogP contribution is -2.49. The number of aliphatic hydroxyl groups is 1. The van der Waals surface area contributed by atoms with Crippen LogP contribution < -0.4 is 14.8 Å². The first-order chi connectivity index (χ1) is 15.0. The monoisotopic (exact) mass is 429 g/mol. The van der Waals surface area contributed by atoms with Crippen LogP contribution in [0.5, 0.6) is 11.5 Å². The number of amides is 1. The summed E-state index contributed by atoms with van der Waals surface area (Å²) in [5.41, 5.74) is 0.887. The summed E-state index contributed by atoms with van der Waals surface area (Å²) in [6, 6.07) is 14.6. The van der Waals surface area contributed by atoms with E-state index >= 15 is 0 Å². The van der Waals surface area contributed by atoms with E-state index in [1.165, 1.54) is 0 Å². The number of benzene rings is 2. The van der Waals surface area contributed by atoms with Gasteiger partial charge in [0.05, 0.1) is 31.2 Å². The van der Waals surface area contributed by atoms with Crippen LogP contribution in [0.2, 0.25) is 0 Å². The van der Waals surface area contributed by atoms with Gasteiger partial charge in [0, 0.05) is 20.8 Å². The molecule has 2 aromatic carbocycles. The Morgan fingerprint density at radius 2 is 1.71 bits per heavy atom. The third kappa shape index (κ3) is 4.26. The van der Waals surface area contributed by atoms with Gasteiger partial charge in [0.2, 0.25) is 11.7 Å². The molecular formula is C24H31NO6. The fourth-order valence-electron chi connectivity index (χ4n) is 4.59. The van der Waals surface area contributed by atoms with E-state index in [9.17, 15) is 9.90 Å². The number of carbonyl (C=O) groups is 1. The highest BCUT2D eigenvalue weighted by Crippen LogP contribution is 2.46. The molecule has 7 nitrogen and oxygen atoms in total. The maximum absolute atomic E-state index is 13.3. The van der Waals surface area contributed by atoms with Gasteiger partial charge in [-0.25, -0.2) is 0 Å². The van der Waals surface area contributed by atoms with Crippen LogP contribution in [0.1, 0.15) is 24.0 Å². The van der Waals surface area contributed by atoms with Crippen molar-refractivity contribution in [1.82, 2.24) is 5.32 Å². The fraction of sp³-hybridized carbons (Fsp3) is 0.458. The molecule has 31 heavy (non-hydrogen) atoms. The Balaban J connectivity index is 1.97. The van der Waals surface area contributed by atoms with E-state index in [1.807, 2.05) is 48.5 Å². The number of hydrogen-bond donors (Lipinski definition) is 2. The first-order valence-electron chi connectivity index (χ1n) is 10.3. The molecule has 1 fully saturated rings. The predicted molar refractivity (Wildman–Crippen MR) is 116 cm³/mol. The molecule has 2 atom stereocenters. The Morgan fingerprint density at radius 1 is 1.03 bits per heavy atom. The van der Waals surface area contributed by atoms with Crippen LogP contribution in [0.25, 0.3) is 0 Å². The lowest BCUT2D eigenvalue weighted by Gasteiger charge is -2.37. The maximum Gasteiger partial charge on any atom is 0.227 e. The van der Waals surface area contributed by atoms with Crippen molar-refractivity contribution in [2.24, 2.45) is 5.41 Å². The molecule has 1 aliphatic heterocycles. The molecule has 0 aliphatic carbocycles. The van der Waals surface area contributed by atoms with Crippen LogP contribution >= 0.6 is 0 Å². The van der Waals surface area contributed by atoms with Crippen LogP contribution in [-0.2, 0) is 26.5 Å². The zero-order valence-corrected chi connectivity index (χ0v) is 18.5. The molecule has 0 aromatic heterocycles. The predicted octanol–water partition coefficient (Wildman–Crippen LogP) is 2.65. The summed E-state index contributed by atoms with van der Waals surface area (Å²) in [4.78, 5) is 13.3. The summed E-state index contributed by atoms with van der Waals surface area (Å²) in [6.45, 7) is -0.0993. The molecule has 1 heterocycles. The summed E-state index contributed by atoms with van der Waals surface area (Å²) in [5, 5.41) is 12.9. The normalized spacial score (nSPS) is 21.1. The van der Waals surface area contributed by atoms with E-state index < -0.39 is 17.2 Å². The van der Waals surface area contributed by atoms with Crippen molar-refractivity contribution in [3.63, 3.8) is 0 Å². The van der Waals surface area contributed by atoms with E-state index in [1.54, 1.807) is 28.4 Å². The third-order valence-corrected chi connectivity index (χ3v) is 6.22. The fourth-order valence-corrected chi connectivity index (χ4v) is 4.59. The average Bonchev–Trinajstić information content (AvgIpc) is 3.12. The number of ether oxygens (including phenoxy) is 4. The van der Waals surface area contributed by atoms with Crippen molar-refractivity contribution < 1.29 is 28.8 Å². The molecule has 1 aliphatic rings. The van der Waals surface area contributed by atoms with Crippen molar-refractivity contribution >= 4 is 5.91 Å². The molecule has 1 saturated heterocycles. The zero-order chi connectivity index (χ0) is 22.5. The first kappa shape index (κ1) is 23.1. The minimum atomic E-state index is -1.24. The lowest BCUT2D eigenvalue weighted by atomic mass is 9.75. The second-order valence-electron chi connectivity index (χ2n) is 7.78. The summed E-state index contributed by atoms with van der Waals surface area (Å²) in [6.07, 6.45) is 1.24. The van der Waals surface area contributed by atoms with Crippen molar-refractivity contribution in [3.8, 4) is 11.5 Å². The summed E-state index contributed by atoms with van der Waals surface area (Å²) in [7, 11) is 6.31. The number of rotatable bonds is 10. The van der Waals surface area contributed by atoms with Crippen LogP contribution in [0, 0.1) is 5.41 Å². The Bertz CT molecular complexity index is 880. The van der Waals surface area contributed by atoms with Crippen LogP contribution in [-0.4, -0.2) is 52.1 Å². The third-order valence-electron chi connectivity index (χ3n) is 6.22. The zero-order valence-electron chi connectivity index (χ0n) is 18.5. The van der Waals surface area contributed by atoms with E-state index in [-0.39, 0.29) is 12.5 Å². The van der Waals surface area contributed by atoms with Crippen molar-refractivity contribution in [3.05, 3.63) is 59.7 Å². The molecule has 0 bridgehead atoms. The van der Waals surface area contributed by atoms with Gasteiger partial charge in [-0.1, -0.05) is 24.3 Å². The lowest BCUT2D eigenvalue weighted by molar-refractivity contribution is -0.234. The molecule has 2 N–H and O–H groups in total. The summed E-state index contributed by atoms with van der Waals surface area (Å²) < 4.78 is 22.6. The summed E-state index contributed by atoms with van der Waals surface area (Å²) >= 11 is 0. The SMILES string of the molecule is COc1ccc(CC2(CCO)CC(C(OC)(OC)c3ccccc3OC)NC2=O)cc1. The summed E-state index contributed by atoms with van der Waals surface area (Å²) in [5.74, 6) is -0.00648. The van der Waals surface area contributed by atoms with Gasteiger partial charge in [-0.15, -0.1) is 0 Å². The minimum absolute atomic E-state index is 0.0993. The Labute approximate surface area is 183 Å². The van der Waals surface area contributed by atoms with Crippen molar-refractivity contribution in [1.29, 1.82) is 0 Å². The number of aliphatic hydroxyl groups excluding tert-OH is 1. The van der Waals surface area contributed by atoms with E-state index in [2.05, 4.69) is 5.32 Å². The van der Waals surface area contributed by atoms with Gasteiger partial charge < -0.3 is 29.4 Å².